The van der Waals surface area contributed by atoms with E-state index in [2.05, 4.69) is 162 Å². The molecule has 6 heteroatoms. The zero-order valence-electron chi connectivity index (χ0n) is 38.3. The van der Waals surface area contributed by atoms with E-state index in [0.717, 1.165) is 75.5 Å². The molecule has 0 radical (unpaired) electrons. The highest BCUT2D eigenvalue weighted by atomic mass is 32.1. The number of rotatable bonds is 6. The minimum Gasteiger partial charge on any atom is -0.309 e. The van der Waals surface area contributed by atoms with Crippen LogP contribution in [0.5, 0.6) is 0 Å². The van der Waals surface area contributed by atoms with E-state index in [0.29, 0.717) is 17.2 Å². The lowest BCUT2D eigenvalue weighted by molar-refractivity contribution is 1.07. The van der Waals surface area contributed by atoms with Gasteiger partial charge >= 0.3 is 0 Å². The number of thiophene rings is 2. The SMILES string of the molecule is [2H]c1c([2H])c([2H])c(-c2nc(-c3cccc(-c4cccc5c4sc4ccccc45)c3)nc(-c3cc(-n4c5ccccc5c5ccccc54)cc4c3sc3c(-c5ccccc5)cccc34)n2)c([2H])c1[2H]. The predicted molar refractivity (Wildman–Crippen MR) is 267 cm³/mol. The molecule has 9 aromatic carbocycles. The smallest absolute Gasteiger partial charge is 0.165 e. The van der Waals surface area contributed by atoms with Crippen LogP contribution in [0.4, 0.5) is 0 Å². The summed E-state index contributed by atoms with van der Waals surface area (Å²) in [5.74, 6) is 0.610. The van der Waals surface area contributed by atoms with Gasteiger partial charge in [-0.3, -0.25) is 0 Å². The van der Waals surface area contributed by atoms with Crippen LogP contribution in [0.1, 0.15) is 6.85 Å². The largest absolute Gasteiger partial charge is 0.309 e. The summed E-state index contributed by atoms with van der Waals surface area (Å²) in [6.07, 6.45) is 0. The molecule has 294 valence electrons. The molecule has 0 saturated carbocycles. The van der Waals surface area contributed by atoms with Gasteiger partial charge in [0, 0.05) is 73.5 Å². The molecule has 0 amide bonds. The van der Waals surface area contributed by atoms with Crippen LogP contribution in [-0.2, 0) is 0 Å². The normalized spacial score (nSPS) is 12.9. The summed E-state index contributed by atoms with van der Waals surface area (Å²) in [5, 5.41) is 6.75. The lowest BCUT2D eigenvalue weighted by Crippen LogP contribution is -2.01. The molecule has 13 rings (SSSR count). The van der Waals surface area contributed by atoms with Crippen LogP contribution in [0, 0.1) is 0 Å². The van der Waals surface area contributed by atoms with Crippen molar-refractivity contribution in [2.24, 2.45) is 0 Å². The van der Waals surface area contributed by atoms with E-state index in [4.69, 9.17) is 21.8 Å². The van der Waals surface area contributed by atoms with Crippen LogP contribution in [0.15, 0.2) is 206 Å². The Bertz CT molecular complexity index is 4150. The van der Waals surface area contributed by atoms with Gasteiger partial charge in [0.15, 0.2) is 17.5 Å². The lowest BCUT2D eigenvalue weighted by Gasteiger charge is -2.13. The highest BCUT2D eigenvalue weighted by Crippen LogP contribution is 2.46. The van der Waals surface area contributed by atoms with Gasteiger partial charge in [0.1, 0.15) is 0 Å². The van der Waals surface area contributed by atoms with Gasteiger partial charge in [-0.15, -0.1) is 22.7 Å². The van der Waals surface area contributed by atoms with Gasteiger partial charge in [-0.1, -0.05) is 170 Å². The Morgan fingerprint density at radius 3 is 1.67 bits per heavy atom. The van der Waals surface area contributed by atoms with E-state index in [1.165, 1.54) is 20.2 Å². The number of nitrogens with zero attached hydrogens (tertiary/aromatic N) is 4. The van der Waals surface area contributed by atoms with Crippen LogP contribution in [0.3, 0.4) is 0 Å². The second kappa shape index (κ2) is 14.4. The molecule has 0 fully saturated rings. The quantitative estimate of drug-likeness (QED) is 0.167. The Morgan fingerprint density at radius 2 is 0.905 bits per heavy atom. The first-order valence-electron chi connectivity index (χ1n) is 23.2. The minimum absolute atomic E-state index is 0.0134. The average molecular weight is 844 g/mol. The van der Waals surface area contributed by atoms with Gasteiger partial charge < -0.3 is 4.57 Å². The molecular weight excluding hydrogens is 805 g/mol. The number of benzene rings is 9. The topological polar surface area (TPSA) is 43.6 Å². The van der Waals surface area contributed by atoms with Crippen molar-refractivity contribution < 1.29 is 6.85 Å². The van der Waals surface area contributed by atoms with Crippen molar-refractivity contribution >= 4 is 84.8 Å². The number of hydrogen-bond donors (Lipinski definition) is 0. The Balaban J connectivity index is 1.12. The molecule has 0 spiro atoms. The Morgan fingerprint density at radius 1 is 0.365 bits per heavy atom. The minimum atomic E-state index is -0.485. The number of fused-ring (bicyclic) bond motifs is 9. The molecule has 4 heterocycles. The van der Waals surface area contributed by atoms with Crippen molar-refractivity contribution in [1.29, 1.82) is 0 Å². The Kier molecular flexibility index (Phi) is 7.13. The molecule has 0 unspecified atom stereocenters. The Labute approximate surface area is 377 Å². The summed E-state index contributed by atoms with van der Waals surface area (Å²) in [6, 6.07) is 58.8. The monoisotopic (exact) mass is 843 g/mol. The molecule has 4 aromatic heterocycles. The summed E-state index contributed by atoms with van der Waals surface area (Å²) >= 11 is 3.43. The van der Waals surface area contributed by atoms with E-state index >= 15 is 0 Å². The second-order valence-corrected chi connectivity index (χ2v) is 17.6. The van der Waals surface area contributed by atoms with Crippen molar-refractivity contribution in [2.75, 3.05) is 0 Å². The van der Waals surface area contributed by atoms with Crippen LogP contribution in [0.2, 0.25) is 0 Å². The van der Waals surface area contributed by atoms with Crippen molar-refractivity contribution in [3.8, 4) is 62.1 Å². The molecular formula is C57H34N4S2. The number of aromatic nitrogens is 4. The van der Waals surface area contributed by atoms with Crippen LogP contribution in [0.25, 0.3) is 124 Å². The fourth-order valence-electron chi connectivity index (χ4n) is 9.13. The van der Waals surface area contributed by atoms with E-state index in [-0.39, 0.29) is 23.5 Å². The standard InChI is InChI=1S/C57H34N4S2/c1-3-16-35(17-4-1)40-25-14-28-46-47-33-39(61-49-29-10-7-22-42(49)43-23-8-11-30-50(43)61)34-48(54(47)63-53(40)46)57-59-55(36-18-5-2-6-19-36)58-56(60-57)38-21-13-20-37(32-38)41-26-15-27-45-44-24-9-12-31-51(44)62-52(41)45/h1-34H/i2D,5D,6D,18D,19D. The van der Waals surface area contributed by atoms with Crippen molar-refractivity contribution in [3.63, 3.8) is 0 Å². The van der Waals surface area contributed by atoms with Gasteiger partial charge in [-0.25, -0.2) is 15.0 Å². The summed E-state index contributed by atoms with van der Waals surface area (Å²) in [6.45, 7) is 0. The number of hydrogen-bond acceptors (Lipinski definition) is 5. The maximum absolute atomic E-state index is 9.11. The van der Waals surface area contributed by atoms with E-state index < -0.39 is 18.1 Å². The molecule has 0 N–H and O–H groups in total. The molecule has 63 heavy (non-hydrogen) atoms. The molecule has 0 saturated heterocycles. The third-order valence-corrected chi connectivity index (χ3v) is 14.4. The first-order valence-corrected chi connectivity index (χ1v) is 22.3. The number of para-hydroxylation sites is 2. The highest BCUT2D eigenvalue weighted by molar-refractivity contribution is 7.27. The summed E-state index contributed by atoms with van der Waals surface area (Å²) in [5.41, 5.74) is 8.57. The van der Waals surface area contributed by atoms with Crippen LogP contribution < -0.4 is 0 Å². The van der Waals surface area contributed by atoms with Crippen LogP contribution in [-0.4, -0.2) is 19.5 Å². The first-order chi connectivity index (χ1) is 33.3. The lowest BCUT2D eigenvalue weighted by atomic mass is 10.0. The second-order valence-electron chi connectivity index (χ2n) is 15.6. The van der Waals surface area contributed by atoms with Gasteiger partial charge in [-0.05, 0) is 58.7 Å². The fourth-order valence-corrected chi connectivity index (χ4v) is 11.7. The van der Waals surface area contributed by atoms with E-state index in [1.807, 2.05) is 18.2 Å². The van der Waals surface area contributed by atoms with Crippen molar-refractivity contribution in [2.45, 2.75) is 0 Å². The van der Waals surface area contributed by atoms with Gasteiger partial charge in [0.25, 0.3) is 0 Å². The third-order valence-electron chi connectivity index (χ3n) is 11.9. The maximum atomic E-state index is 9.11. The van der Waals surface area contributed by atoms with Gasteiger partial charge in [0.05, 0.1) is 17.9 Å². The zero-order valence-corrected chi connectivity index (χ0v) is 35.0. The molecule has 13 aromatic rings. The average Bonchev–Trinajstić information content (AvgIpc) is 4.07. The first kappa shape index (κ1) is 31.1. The van der Waals surface area contributed by atoms with Crippen LogP contribution >= 0.6 is 22.7 Å². The molecule has 0 aliphatic rings. The third kappa shape index (κ3) is 5.83. The van der Waals surface area contributed by atoms with Crippen molar-refractivity contribution in [3.05, 3.63) is 206 Å². The van der Waals surface area contributed by atoms with E-state index in [1.54, 1.807) is 22.7 Å². The summed E-state index contributed by atoms with van der Waals surface area (Å²) in [7, 11) is 0. The maximum Gasteiger partial charge on any atom is 0.165 e. The fraction of sp³-hybridized carbons (Fsp3) is 0. The van der Waals surface area contributed by atoms with Crippen molar-refractivity contribution in [1.82, 2.24) is 19.5 Å². The molecule has 0 atom stereocenters. The molecule has 0 bridgehead atoms. The molecule has 0 aliphatic carbocycles. The zero-order chi connectivity index (χ0) is 45.8. The molecule has 4 nitrogen and oxygen atoms in total. The van der Waals surface area contributed by atoms with E-state index in [9.17, 15) is 0 Å². The highest BCUT2D eigenvalue weighted by Gasteiger charge is 2.22. The Hall–Kier alpha value is -7.77. The van der Waals surface area contributed by atoms with Gasteiger partial charge in [-0.2, -0.15) is 0 Å². The molecule has 0 aliphatic heterocycles. The summed E-state index contributed by atoms with van der Waals surface area (Å²) in [4.78, 5) is 15.5. The summed E-state index contributed by atoms with van der Waals surface area (Å²) < 4.78 is 50.7. The predicted octanol–water partition coefficient (Wildman–Crippen LogP) is 16.0. The van der Waals surface area contributed by atoms with Gasteiger partial charge in [0.2, 0.25) is 0 Å².